The van der Waals surface area contributed by atoms with E-state index < -0.39 is 5.97 Å². The third-order valence-corrected chi connectivity index (χ3v) is 10.1. The Hall–Kier alpha value is -4.60. The van der Waals surface area contributed by atoms with Gasteiger partial charge in [-0.25, -0.2) is 19.7 Å². The number of anilines is 2. The van der Waals surface area contributed by atoms with E-state index in [1.54, 1.807) is 35.3 Å². The number of nitrogens with zero attached hydrogens (tertiary/aromatic N) is 7. The lowest BCUT2D eigenvalue weighted by molar-refractivity contribution is -0.0638. The number of carboxylic acid groups (broad SMARTS) is 1. The first-order valence-electron chi connectivity index (χ1n) is 15.1. The van der Waals surface area contributed by atoms with Gasteiger partial charge in [0.2, 0.25) is 5.95 Å². The first-order chi connectivity index (χ1) is 20.9. The van der Waals surface area contributed by atoms with E-state index in [1.165, 1.54) is 38.5 Å². The van der Waals surface area contributed by atoms with E-state index in [-0.39, 0.29) is 5.56 Å². The van der Waals surface area contributed by atoms with Crippen LogP contribution in [0.2, 0.25) is 0 Å². The summed E-state index contributed by atoms with van der Waals surface area (Å²) in [5.41, 5.74) is 6.52. The molecule has 0 aromatic carbocycles. The van der Waals surface area contributed by atoms with Gasteiger partial charge in [-0.2, -0.15) is 5.10 Å². The molecule has 0 saturated heterocycles. The summed E-state index contributed by atoms with van der Waals surface area (Å²) in [6.45, 7) is 4.97. The van der Waals surface area contributed by atoms with Crippen LogP contribution >= 0.6 is 0 Å². The van der Waals surface area contributed by atoms with Crippen LogP contribution in [0.1, 0.15) is 60.1 Å². The minimum absolute atomic E-state index is 0.169. The average molecular weight is 575 g/mol. The van der Waals surface area contributed by atoms with Gasteiger partial charge in [0.1, 0.15) is 5.56 Å². The molecule has 4 aliphatic carbocycles. The summed E-state index contributed by atoms with van der Waals surface area (Å²) in [6, 6.07) is 5.58. The Balaban J connectivity index is 1.12. The molecule has 0 amide bonds. The Kier molecular flexibility index (Phi) is 5.89. The second-order valence-electron chi connectivity index (χ2n) is 13.0. The fourth-order valence-corrected chi connectivity index (χ4v) is 8.66. The number of hydrogen-bond acceptors (Lipinski definition) is 7. The van der Waals surface area contributed by atoms with Gasteiger partial charge in [0.15, 0.2) is 5.65 Å². The zero-order chi connectivity index (χ0) is 29.3. The molecular weight excluding hydrogens is 540 g/mol. The highest BCUT2D eigenvalue weighted by Gasteiger charge is 2.51. The van der Waals surface area contributed by atoms with Crippen LogP contribution in [0.3, 0.4) is 0 Å². The van der Waals surface area contributed by atoms with Crippen LogP contribution in [0.5, 0.6) is 0 Å². The van der Waals surface area contributed by atoms with Gasteiger partial charge in [0.05, 0.1) is 35.7 Å². The SMILES string of the molecule is Cc1cc(-c2cnc3c(C(=O)O)c(-c4cnn(CC56CC7CC(CC(C7)C5)C6)c4C)ccn23)ncc1Nc1ncccn1. The van der Waals surface area contributed by atoms with Gasteiger partial charge in [-0.15, -0.1) is 0 Å². The van der Waals surface area contributed by atoms with Crippen molar-refractivity contribution in [2.75, 3.05) is 5.32 Å². The third kappa shape index (κ3) is 4.38. The molecule has 0 atom stereocenters. The monoisotopic (exact) mass is 574 g/mol. The second-order valence-corrected chi connectivity index (χ2v) is 13.0. The van der Waals surface area contributed by atoms with Crippen LogP contribution < -0.4 is 5.32 Å². The molecule has 9 rings (SSSR count). The zero-order valence-electron chi connectivity index (χ0n) is 24.4. The number of fused-ring (bicyclic) bond motifs is 1. The predicted molar refractivity (Wildman–Crippen MR) is 162 cm³/mol. The van der Waals surface area contributed by atoms with Gasteiger partial charge in [0, 0.05) is 42.0 Å². The van der Waals surface area contributed by atoms with Crippen LogP contribution in [0.4, 0.5) is 11.6 Å². The van der Waals surface area contributed by atoms with E-state index in [1.807, 2.05) is 31.5 Å². The molecular formula is C33H34N8O2. The van der Waals surface area contributed by atoms with Crippen molar-refractivity contribution < 1.29 is 9.90 Å². The molecule has 43 heavy (non-hydrogen) atoms. The lowest BCUT2D eigenvalue weighted by Crippen LogP contribution is -2.48. The van der Waals surface area contributed by atoms with E-state index >= 15 is 0 Å². The lowest BCUT2D eigenvalue weighted by Gasteiger charge is -2.56. The van der Waals surface area contributed by atoms with E-state index in [0.717, 1.165) is 46.8 Å². The second kappa shape index (κ2) is 9.72. The molecule has 5 heterocycles. The number of carboxylic acids is 1. The topological polar surface area (TPSA) is 123 Å². The summed E-state index contributed by atoms with van der Waals surface area (Å²) in [5.74, 6) is 2.10. The van der Waals surface area contributed by atoms with E-state index in [0.29, 0.717) is 34.0 Å². The molecule has 0 spiro atoms. The van der Waals surface area contributed by atoms with Crippen LogP contribution in [0.25, 0.3) is 28.2 Å². The third-order valence-electron chi connectivity index (χ3n) is 10.1. The number of pyridine rings is 2. The van der Waals surface area contributed by atoms with Crippen LogP contribution in [-0.2, 0) is 6.54 Å². The maximum Gasteiger partial charge on any atom is 0.340 e. The van der Waals surface area contributed by atoms with Crippen molar-refractivity contribution in [3.63, 3.8) is 0 Å². The van der Waals surface area contributed by atoms with Crippen molar-refractivity contribution in [2.45, 2.75) is 58.9 Å². The Morgan fingerprint density at radius 3 is 2.37 bits per heavy atom. The molecule has 4 aliphatic rings. The number of aromatic carboxylic acids is 1. The summed E-state index contributed by atoms with van der Waals surface area (Å²) in [6.07, 6.45) is 18.6. The number of imidazole rings is 1. The van der Waals surface area contributed by atoms with Crippen molar-refractivity contribution in [2.24, 2.45) is 23.2 Å². The largest absolute Gasteiger partial charge is 0.478 e. The van der Waals surface area contributed by atoms with Gasteiger partial charge >= 0.3 is 5.97 Å². The normalized spacial score (nSPS) is 24.1. The standard InChI is InChI=1S/C33H34N8O2/c1-19-8-26(36-16-27(19)39-32-34-5-3-6-35-32)28-17-37-30-29(31(42)43)24(4-7-40(28)30)25-15-38-41(20(25)2)18-33-12-21-9-22(13-33)11-23(10-21)14-33/h3-8,15-17,21-23H,9-14,18H2,1-2H3,(H,42,43)(H,34,35,39). The molecule has 4 saturated carbocycles. The van der Waals surface area contributed by atoms with Crippen LogP contribution in [0, 0.1) is 37.0 Å². The molecule has 4 fully saturated rings. The lowest BCUT2D eigenvalue weighted by atomic mass is 9.49. The molecule has 2 N–H and O–H groups in total. The first-order valence-corrected chi connectivity index (χ1v) is 15.1. The minimum Gasteiger partial charge on any atom is -0.478 e. The quantitative estimate of drug-likeness (QED) is 0.231. The van der Waals surface area contributed by atoms with Gasteiger partial charge in [-0.3, -0.25) is 14.1 Å². The number of rotatable bonds is 7. The summed E-state index contributed by atoms with van der Waals surface area (Å²) in [7, 11) is 0. The number of carbonyl (C=O) groups is 1. The maximum atomic E-state index is 12.7. The highest BCUT2D eigenvalue weighted by atomic mass is 16.4. The number of aromatic nitrogens is 7. The Morgan fingerprint density at radius 2 is 1.70 bits per heavy atom. The van der Waals surface area contributed by atoms with Crippen LogP contribution in [0.15, 0.2) is 55.4 Å². The molecule has 0 radical (unpaired) electrons. The molecule has 10 heteroatoms. The molecule has 10 nitrogen and oxygen atoms in total. The zero-order valence-corrected chi connectivity index (χ0v) is 24.4. The minimum atomic E-state index is -1.02. The fraction of sp³-hybridized carbons (Fsp3) is 0.394. The summed E-state index contributed by atoms with van der Waals surface area (Å²) >= 11 is 0. The highest BCUT2D eigenvalue weighted by Crippen LogP contribution is 2.60. The van der Waals surface area contributed by atoms with Crippen LogP contribution in [-0.4, -0.2) is 45.2 Å². The van der Waals surface area contributed by atoms with Gasteiger partial charge < -0.3 is 10.4 Å². The number of aryl methyl sites for hydroxylation is 1. The maximum absolute atomic E-state index is 12.7. The molecule has 5 aromatic rings. The van der Waals surface area contributed by atoms with Crippen molar-refractivity contribution in [3.05, 3.63) is 72.2 Å². The smallest absolute Gasteiger partial charge is 0.340 e. The van der Waals surface area contributed by atoms with E-state index in [2.05, 4.69) is 36.9 Å². The molecule has 5 aromatic heterocycles. The summed E-state index contributed by atoms with van der Waals surface area (Å²) in [5, 5.41) is 18.4. The fourth-order valence-electron chi connectivity index (χ4n) is 8.66. The van der Waals surface area contributed by atoms with Crippen molar-refractivity contribution in [1.29, 1.82) is 0 Å². The Labute approximate surface area is 249 Å². The van der Waals surface area contributed by atoms with Gasteiger partial charge in [-0.1, -0.05) is 0 Å². The van der Waals surface area contributed by atoms with Crippen molar-refractivity contribution in [1.82, 2.24) is 34.1 Å². The molecule has 218 valence electrons. The molecule has 0 aliphatic heterocycles. The number of nitrogens with one attached hydrogen (secondary N) is 1. The summed E-state index contributed by atoms with van der Waals surface area (Å²) < 4.78 is 3.94. The average Bonchev–Trinajstić information content (AvgIpc) is 3.56. The summed E-state index contributed by atoms with van der Waals surface area (Å²) in [4.78, 5) is 30.4. The van der Waals surface area contributed by atoms with Gasteiger partial charge in [-0.05, 0) is 99.3 Å². The Morgan fingerprint density at radius 1 is 0.977 bits per heavy atom. The predicted octanol–water partition coefficient (Wildman–Crippen LogP) is 6.32. The number of hydrogen-bond donors (Lipinski definition) is 2. The molecule has 0 unspecified atom stereocenters. The van der Waals surface area contributed by atoms with Crippen molar-refractivity contribution >= 4 is 23.3 Å². The molecule has 4 bridgehead atoms. The van der Waals surface area contributed by atoms with E-state index in [9.17, 15) is 9.90 Å². The van der Waals surface area contributed by atoms with E-state index in [4.69, 9.17) is 5.10 Å². The highest BCUT2D eigenvalue weighted by molar-refractivity contribution is 6.02. The Bertz CT molecular complexity index is 1840. The first kappa shape index (κ1) is 26.1. The van der Waals surface area contributed by atoms with Crippen molar-refractivity contribution in [3.8, 4) is 22.5 Å². The van der Waals surface area contributed by atoms with Gasteiger partial charge in [0.25, 0.3) is 0 Å².